The summed E-state index contributed by atoms with van der Waals surface area (Å²) in [5, 5.41) is 31.1. The van der Waals surface area contributed by atoms with Crippen molar-refractivity contribution in [2.75, 3.05) is 6.61 Å². The van der Waals surface area contributed by atoms with Gasteiger partial charge in [-0.15, -0.1) is 0 Å². The number of aliphatic hydroxyl groups is 3. The summed E-state index contributed by atoms with van der Waals surface area (Å²) in [6, 6.07) is 0. The standard InChI is InChI=1S/C25H40O6/c1-13-5-4-6-15-14(11-13)7-8-18-24(15,2)10-9-16-19-21(28)20(27)17(12-26)30-22(19)31-23(29)25(16,18)3/h13-22,26-28H,4-12H2,1-3H3/t13?,14?,15-,16?,17-,18+,19-,20-,21-,22+,24+,25-/m1/s1. The van der Waals surface area contributed by atoms with Gasteiger partial charge in [-0.25, -0.2) is 0 Å². The Morgan fingerprint density at radius 3 is 2.55 bits per heavy atom. The van der Waals surface area contributed by atoms with Gasteiger partial charge in [-0.2, -0.15) is 0 Å². The smallest absolute Gasteiger partial charge is 0.314 e. The Kier molecular flexibility index (Phi) is 5.48. The molecule has 3 aliphatic carbocycles. The number of carbonyl (C=O) groups excluding carboxylic acids is 1. The first-order valence-electron chi connectivity index (χ1n) is 12.5. The van der Waals surface area contributed by atoms with Crippen LogP contribution in [0.3, 0.4) is 0 Å². The number of hydrogen-bond donors (Lipinski definition) is 3. The molecule has 6 heteroatoms. The molecule has 3 unspecified atom stereocenters. The molecule has 0 amide bonds. The number of rotatable bonds is 1. The molecular weight excluding hydrogens is 396 g/mol. The van der Waals surface area contributed by atoms with E-state index in [0.717, 1.165) is 31.1 Å². The Balaban J connectivity index is 1.48. The molecule has 0 spiro atoms. The van der Waals surface area contributed by atoms with E-state index < -0.39 is 42.5 Å². The van der Waals surface area contributed by atoms with Crippen LogP contribution >= 0.6 is 0 Å². The molecule has 0 bridgehead atoms. The number of ether oxygens (including phenoxy) is 2. The van der Waals surface area contributed by atoms with E-state index in [1.165, 1.54) is 32.1 Å². The fourth-order valence-electron chi connectivity index (χ4n) is 9.00. The maximum Gasteiger partial charge on any atom is 0.314 e. The largest absolute Gasteiger partial charge is 0.435 e. The average Bonchev–Trinajstić information content (AvgIpc) is 2.92. The Hall–Kier alpha value is -0.690. The summed E-state index contributed by atoms with van der Waals surface area (Å²) < 4.78 is 11.6. The molecule has 0 aromatic rings. The van der Waals surface area contributed by atoms with Gasteiger partial charge in [0.15, 0.2) is 0 Å². The molecule has 0 aromatic heterocycles. The highest BCUT2D eigenvalue weighted by atomic mass is 16.7. The zero-order valence-electron chi connectivity index (χ0n) is 19.2. The highest BCUT2D eigenvalue weighted by molar-refractivity contribution is 5.79. The zero-order chi connectivity index (χ0) is 22.1. The number of aliphatic hydroxyl groups excluding tert-OH is 3. The third kappa shape index (κ3) is 3.08. The van der Waals surface area contributed by atoms with E-state index in [0.29, 0.717) is 5.92 Å². The predicted molar refractivity (Wildman–Crippen MR) is 114 cm³/mol. The van der Waals surface area contributed by atoms with Gasteiger partial charge in [-0.3, -0.25) is 4.79 Å². The van der Waals surface area contributed by atoms with Gasteiger partial charge < -0.3 is 24.8 Å². The minimum atomic E-state index is -1.17. The van der Waals surface area contributed by atoms with Crippen molar-refractivity contribution in [3.63, 3.8) is 0 Å². The molecule has 3 saturated carbocycles. The Morgan fingerprint density at radius 1 is 1.03 bits per heavy atom. The highest BCUT2D eigenvalue weighted by Gasteiger charge is 2.68. The summed E-state index contributed by atoms with van der Waals surface area (Å²) in [5.74, 6) is 1.67. The van der Waals surface area contributed by atoms with Gasteiger partial charge in [0.25, 0.3) is 0 Å². The van der Waals surface area contributed by atoms with Crippen LogP contribution in [-0.2, 0) is 14.3 Å². The van der Waals surface area contributed by atoms with Crippen molar-refractivity contribution in [1.29, 1.82) is 0 Å². The summed E-state index contributed by atoms with van der Waals surface area (Å²) in [5.41, 5.74) is -0.565. The van der Waals surface area contributed by atoms with Crippen LogP contribution in [0, 0.1) is 46.3 Å². The van der Waals surface area contributed by atoms with E-state index >= 15 is 0 Å². The lowest BCUT2D eigenvalue weighted by atomic mass is 9.41. The lowest BCUT2D eigenvalue weighted by Crippen LogP contribution is -2.69. The van der Waals surface area contributed by atoms with Crippen LogP contribution in [0.2, 0.25) is 0 Å². The summed E-state index contributed by atoms with van der Waals surface area (Å²) in [7, 11) is 0. The lowest BCUT2D eigenvalue weighted by Gasteiger charge is -2.65. The summed E-state index contributed by atoms with van der Waals surface area (Å²) in [6.45, 7) is 6.47. The van der Waals surface area contributed by atoms with E-state index in [1.54, 1.807) is 0 Å². The maximum atomic E-state index is 13.6. The van der Waals surface area contributed by atoms with Crippen molar-refractivity contribution in [3.8, 4) is 0 Å². The van der Waals surface area contributed by atoms with Crippen LogP contribution in [0.15, 0.2) is 0 Å². The Labute approximate surface area is 185 Å². The SMILES string of the molecule is CC1CCC[C@@H]2C(CC[C@H]3[C@@]2(C)CCC2[C@H]4[C@H](OC(=O)[C@]23C)O[C@H](CO)[C@@H](O)[C@@H]4O)C1. The lowest BCUT2D eigenvalue weighted by molar-refractivity contribution is -0.326. The van der Waals surface area contributed by atoms with E-state index in [9.17, 15) is 20.1 Å². The first kappa shape index (κ1) is 22.1. The minimum absolute atomic E-state index is 0.0811. The molecule has 5 fully saturated rings. The first-order valence-corrected chi connectivity index (χ1v) is 12.5. The molecule has 12 atom stereocenters. The van der Waals surface area contributed by atoms with E-state index in [-0.39, 0.29) is 23.2 Å². The molecule has 0 aromatic carbocycles. The topological polar surface area (TPSA) is 96.2 Å². The van der Waals surface area contributed by atoms with Crippen molar-refractivity contribution in [1.82, 2.24) is 0 Å². The van der Waals surface area contributed by atoms with Crippen LogP contribution in [0.1, 0.15) is 72.1 Å². The zero-order valence-corrected chi connectivity index (χ0v) is 19.2. The molecule has 6 nitrogen and oxygen atoms in total. The van der Waals surface area contributed by atoms with Crippen LogP contribution in [0.25, 0.3) is 0 Å². The van der Waals surface area contributed by atoms with Gasteiger partial charge in [-0.05, 0) is 80.5 Å². The van der Waals surface area contributed by atoms with Gasteiger partial charge in [0, 0.05) is 0 Å². The van der Waals surface area contributed by atoms with Gasteiger partial charge in [0.2, 0.25) is 6.29 Å². The van der Waals surface area contributed by atoms with Crippen LogP contribution in [0.4, 0.5) is 0 Å². The van der Waals surface area contributed by atoms with Crippen molar-refractivity contribution >= 4 is 5.97 Å². The summed E-state index contributed by atoms with van der Waals surface area (Å²) >= 11 is 0. The fraction of sp³-hybridized carbons (Fsp3) is 0.960. The van der Waals surface area contributed by atoms with Crippen molar-refractivity contribution < 1.29 is 29.6 Å². The Bertz CT molecular complexity index is 712. The summed E-state index contributed by atoms with van der Waals surface area (Å²) in [4.78, 5) is 13.6. The second kappa shape index (κ2) is 7.68. The number of carbonyl (C=O) groups is 1. The molecule has 2 heterocycles. The van der Waals surface area contributed by atoms with Crippen LogP contribution in [-0.4, -0.2) is 52.5 Å². The van der Waals surface area contributed by atoms with Gasteiger partial charge in [0.05, 0.1) is 24.0 Å². The summed E-state index contributed by atoms with van der Waals surface area (Å²) in [6.07, 6.45) is 5.21. The van der Waals surface area contributed by atoms with Gasteiger partial charge in [0.1, 0.15) is 12.2 Å². The molecule has 3 N–H and O–H groups in total. The molecule has 2 saturated heterocycles. The van der Waals surface area contributed by atoms with Crippen LogP contribution in [0.5, 0.6) is 0 Å². The molecular formula is C25H40O6. The number of hydrogen-bond acceptors (Lipinski definition) is 6. The third-order valence-corrected chi connectivity index (χ3v) is 10.5. The quantitative estimate of drug-likeness (QED) is 0.547. The normalized spacial score (nSPS) is 56.9. The monoisotopic (exact) mass is 436 g/mol. The maximum absolute atomic E-state index is 13.6. The second-order valence-corrected chi connectivity index (χ2v) is 11.9. The highest BCUT2D eigenvalue weighted by Crippen LogP contribution is 2.68. The van der Waals surface area contributed by atoms with Crippen molar-refractivity contribution in [3.05, 3.63) is 0 Å². The second-order valence-electron chi connectivity index (χ2n) is 11.9. The van der Waals surface area contributed by atoms with Crippen molar-refractivity contribution in [2.24, 2.45) is 46.3 Å². The average molecular weight is 437 g/mol. The molecule has 31 heavy (non-hydrogen) atoms. The fourth-order valence-corrected chi connectivity index (χ4v) is 9.00. The molecule has 5 aliphatic rings. The van der Waals surface area contributed by atoms with E-state index in [2.05, 4.69) is 20.8 Å². The predicted octanol–water partition coefficient (Wildman–Crippen LogP) is 2.87. The van der Waals surface area contributed by atoms with E-state index in [1.807, 2.05) is 0 Å². The minimum Gasteiger partial charge on any atom is -0.435 e. The molecule has 0 radical (unpaired) electrons. The van der Waals surface area contributed by atoms with Crippen LogP contribution < -0.4 is 0 Å². The van der Waals surface area contributed by atoms with Crippen molar-refractivity contribution in [2.45, 2.75) is 96.7 Å². The molecule has 2 aliphatic heterocycles. The van der Waals surface area contributed by atoms with Gasteiger partial charge in [-0.1, -0.05) is 26.7 Å². The third-order valence-electron chi connectivity index (χ3n) is 10.5. The number of fused-ring (bicyclic) bond motifs is 7. The number of esters is 1. The van der Waals surface area contributed by atoms with E-state index in [4.69, 9.17) is 9.47 Å². The van der Waals surface area contributed by atoms with Gasteiger partial charge >= 0.3 is 5.97 Å². The Morgan fingerprint density at radius 2 is 1.81 bits per heavy atom. The molecule has 5 rings (SSSR count). The molecule has 176 valence electrons. The first-order chi connectivity index (χ1) is 14.7.